The van der Waals surface area contributed by atoms with Gasteiger partial charge in [-0.3, -0.25) is 14.7 Å². The second kappa shape index (κ2) is 8.39. The average molecular weight is 381 g/mol. The van der Waals surface area contributed by atoms with Gasteiger partial charge in [-0.1, -0.05) is 12.1 Å². The van der Waals surface area contributed by atoms with Crippen molar-refractivity contribution in [3.63, 3.8) is 0 Å². The number of piperidine rings is 2. The number of halogens is 1. The summed E-state index contributed by atoms with van der Waals surface area (Å²) in [7, 11) is 0. The Balaban J connectivity index is 1.38. The minimum Gasteiger partial charge on any atom is -0.339 e. The number of aromatic nitrogens is 1. The molecule has 2 aromatic rings. The fourth-order valence-electron chi connectivity index (χ4n) is 4.72. The van der Waals surface area contributed by atoms with Gasteiger partial charge in [0.05, 0.1) is 0 Å². The summed E-state index contributed by atoms with van der Waals surface area (Å²) in [4.78, 5) is 21.5. The zero-order chi connectivity index (χ0) is 19.5. The Hall–Kier alpha value is -2.27. The summed E-state index contributed by atoms with van der Waals surface area (Å²) in [6.45, 7) is 5.58. The summed E-state index contributed by atoms with van der Waals surface area (Å²) >= 11 is 0. The van der Waals surface area contributed by atoms with Crippen molar-refractivity contribution in [1.29, 1.82) is 0 Å². The largest absolute Gasteiger partial charge is 0.339 e. The molecule has 3 heterocycles. The Morgan fingerprint density at radius 3 is 2.89 bits per heavy atom. The maximum Gasteiger partial charge on any atom is 0.222 e. The molecule has 28 heavy (non-hydrogen) atoms. The van der Waals surface area contributed by atoms with Crippen molar-refractivity contribution < 1.29 is 9.18 Å². The molecule has 2 aliphatic heterocycles. The van der Waals surface area contributed by atoms with Crippen LogP contribution in [-0.2, 0) is 17.8 Å². The summed E-state index contributed by atoms with van der Waals surface area (Å²) in [6, 6.07) is 11.4. The number of pyridine rings is 1. The van der Waals surface area contributed by atoms with Crippen LogP contribution in [0.2, 0.25) is 0 Å². The standard InChI is InChI=1S/C23H28FN3O/c1-17-14-20(24)7-5-18(17)15-26-12-10-22-19(16-26)6-8-23(28)27(22)13-9-21-4-2-3-11-25-21/h2-5,7,11,14,19,22H,6,8-10,12-13,15-16H2,1H3/t19-,22+/m0/s1. The first kappa shape index (κ1) is 19.1. The highest BCUT2D eigenvalue weighted by Gasteiger charge is 2.39. The Kier molecular flexibility index (Phi) is 5.72. The highest BCUT2D eigenvalue weighted by Crippen LogP contribution is 2.32. The van der Waals surface area contributed by atoms with Gasteiger partial charge in [0.25, 0.3) is 0 Å². The normalized spacial score (nSPS) is 22.9. The molecule has 0 radical (unpaired) electrons. The topological polar surface area (TPSA) is 36.4 Å². The fourth-order valence-corrected chi connectivity index (χ4v) is 4.72. The van der Waals surface area contributed by atoms with Crippen molar-refractivity contribution in [1.82, 2.24) is 14.8 Å². The minimum atomic E-state index is -0.172. The zero-order valence-corrected chi connectivity index (χ0v) is 16.5. The van der Waals surface area contributed by atoms with Crippen molar-refractivity contribution in [2.75, 3.05) is 19.6 Å². The van der Waals surface area contributed by atoms with Crippen LogP contribution in [-0.4, -0.2) is 46.4 Å². The van der Waals surface area contributed by atoms with Crippen molar-refractivity contribution in [2.45, 2.75) is 45.2 Å². The van der Waals surface area contributed by atoms with E-state index in [1.807, 2.05) is 37.4 Å². The van der Waals surface area contributed by atoms with E-state index < -0.39 is 0 Å². The third kappa shape index (κ3) is 4.25. The molecule has 0 N–H and O–H groups in total. The number of hydrogen-bond acceptors (Lipinski definition) is 3. The van der Waals surface area contributed by atoms with Gasteiger partial charge in [-0.2, -0.15) is 0 Å². The summed E-state index contributed by atoms with van der Waals surface area (Å²) in [5.74, 6) is 0.644. The number of nitrogens with zero attached hydrogens (tertiary/aromatic N) is 3. The number of benzene rings is 1. The molecular weight excluding hydrogens is 353 g/mol. The number of fused-ring (bicyclic) bond motifs is 1. The van der Waals surface area contributed by atoms with E-state index in [2.05, 4.69) is 14.8 Å². The van der Waals surface area contributed by atoms with Crippen LogP contribution < -0.4 is 0 Å². The van der Waals surface area contributed by atoms with E-state index in [0.717, 1.165) is 56.7 Å². The van der Waals surface area contributed by atoms with Gasteiger partial charge in [0, 0.05) is 57.0 Å². The molecule has 1 aromatic heterocycles. The van der Waals surface area contributed by atoms with Gasteiger partial charge in [-0.15, -0.1) is 0 Å². The molecule has 1 amide bonds. The summed E-state index contributed by atoms with van der Waals surface area (Å²) in [5, 5.41) is 0. The van der Waals surface area contributed by atoms with Crippen LogP contribution in [0.25, 0.3) is 0 Å². The van der Waals surface area contributed by atoms with E-state index in [4.69, 9.17) is 0 Å². The highest BCUT2D eigenvalue weighted by molar-refractivity contribution is 5.77. The first-order valence-electron chi connectivity index (χ1n) is 10.3. The molecule has 4 nitrogen and oxygen atoms in total. The monoisotopic (exact) mass is 381 g/mol. The first-order chi connectivity index (χ1) is 13.6. The van der Waals surface area contributed by atoms with Gasteiger partial charge in [0.15, 0.2) is 0 Å². The van der Waals surface area contributed by atoms with Gasteiger partial charge in [0.1, 0.15) is 5.82 Å². The second-order valence-corrected chi connectivity index (χ2v) is 8.12. The molecule has 4 rings (SSSR count). The molecule has 0 bridgehead atoms. The second-order valence-electron chi connectivity index (χ2n) is 8.12. The van der Waals surface area contributed by atoms with Crippen molar-refractivity contribution in [2.24, 2.45) is 5.92 Å². The Bertz CT molecular complexity index is 826. The van der Waals surface area contributed by atoms with E-state index in [0.29, 0.717) is 24.3 Å². The molecule has 1 aromatic carbocycles. The van der Waals surface area contributed by atoms with Crippen LogP contribution in [0.15, 0.2) is 42.6 Å². The number of aryl methyl sites for hydroxylation is 1. The third-order valence-electron chi connectivity index (χ3n) is 6.26. The average Bonchev–Trinajstić information content (AvgIpc) is 2.70. The lowest BCUT2D eigenvalue weighted by atomic mass is 9.83. The van der Waals surface area contributed by atoms with Crippen LogP contribution >= 0.6 is 0 Å². The molecule has 0 spiro atoms. The van der Waals surface area contributed by atoms with E-state index >= 15 is 0 Å². The molecule has 148 valence electrons. The maximum absolute atomic E-state index is 13.4. The fraction of sp³-hybridized carbons (Fsp3) is 0.478. The molecule has 0 saturated carbocycles. The molecule has 0 unspecified atom stereocenters. The SMILES string of the molecule is Cc1cc(F)ccc1CN1CC[C@@H]2[C@@H](CCC(=O)N2CCc2ccccn2)C1. The molecular formula is C23H28FN3O. The van der Waals surface area contributed by atoms with Gasteiger partial charge in [-0.05, 0) is 61.1 Å². The van der Waals surface area contributed by atoms with Gasteiger partial charge >= 0.3 is 0 Å². The molecule has 0 aliphatic carbocycles. The number of amides is 1. The van der Waals surface area contributed by atoms with E-state index in [-0.39, 0.29) is 5.82 Å². The lowest BCUT2D eigenvalue weighted by Gasteiger charge is -2.47. The van der Waals surface area contributed by atoms with E-state index in [1.165, 1.54) is 5.56 Å². The van der Waals surface area contributed by atoms with Crippen molar-refractivity contribution >= 4 is 5.91 Å². The van der Waals surface area contributed by atoms with Gasteiger partial charge < -0.3 is 4.90 Å². The van der Waals surface area contributed by atoms with Crippen molar-refractivity contribution in [3.8, 4) is 0 Å². The van der Waals surface area contributed by atoms with Gasteiger partial charge in [-0.25, -0.2) is 4.39 Å². The van der Waals surface area contributed by atoms with Crippen LogP contribution in [0.5, 0.6) is 0 Å². The molecule has 2 atom stereocenters. The number of rotatable bonds is 5. The Morgan fingerprint density at radius 2 is 2.11 bits per heavy atom. The van der Waals surface area contributed by atoms with Crippen molar-refractivity contribution in [3.05, 3.63) is 65.2 Å². The van der Waals surface area contributed by atoms with E-state index in [9.17, 15) is 9.18 Å². The number of carbonyl (C=O) groups is 1. The van der Waals surface area contributed by atoms with Crippen LogP contribution in [0.4, 0.5) is 4.39 Å². The smallest absolute Gasteiger partial charge is 0.222 e. The quantitative estimate of drug-likeness (QED) is 0.794. The van der Waals surface area contributed by atoms with Crippen LogP contribution in [0.3, 0.4) is 0 Å². The minimum absolute atomic E-state index is 0.172. The lowest BCUT2D eigenvalue weighted by Crippen LogP contribution is -2.56. The number of hydrogen-bond donors (Lipinski definition) is 0. The first-order valence-corrected chi connectivity index (χ1v) is 10.3. The Morgan fingerprint density at radius 1 is 1.21 bits per heavy atom. The predicted octanol–water partition coefficient (Wildman–Crippen LogP) is 3.58. The number of carbonyl (C=O) groups excluding carboxylic acids is 1. The molecule has 2 aliphatic rings. The molecule has 2 fully saturated rings. The maximum atomic E-state index is 13.4. The third-order valence-corrected chi connectivity index (χ3v) is 6.26. The zero-order valence-electron chi connectivity index (χ0n) is 16.5. The van der Waals surface area contributed by atoms with Crippen LogP contribution in [0, 0.1) is 18.7 Å². The summed E-state index contributed by atoms with van der Waals surface area (Å²) < 4.78 is 13.4. The highest BCUT2D eigenvalue weighted by atomic mass is 19.1. The summed E-state index contributed by atoms with van der Waals surface area (Å²) in [5.41, 5.74) is 3.25. The predicted molar refractivity (Wildman–Crippen MR) is 107 cm³/mol. The van der Waals surface area contributed by atoms with Gasteiger partial charge in [0.2, 0.25) is 5.91 Å². The van der Waals surface area contributed by atoms with E-state index in [1.54, 1.807) is 12.1 Å². The lowest BCUT2D eigenvalue weighted by molar-refractivity contribution is -0.141. The van der Waals surface area contributed by atoms with Crippen LogP contribution in [0.1, 0.15) is 36.1 Å². The molecule has 2 saturated heterocycles. The number of likely N-dealkylation sites (tertiary alicyclic amines) is 2. The summed E-state index contributed by atoms with van der Waals surface area (Å²) in [6.07, 6.45) is 5.26. The Labute approximate surface area is 166 Å². The molecule has 5 heteroatoms.